The van der Waals surface area contributed by atoms with E-state index >= 15 is 0 Å². The SMILES string of the molecule is Cc1cc(C)c2c(Cn3cc(COc4ccc5c(c4)NC(=O)CC5)nn3)cc(=O)oc2c1. The van der Waals surface area contributed by atoms with Gasteiger partial charge in [-0.3, -0.25) is 4.79 Å². The van der Waals surface area contributed by atoms with Crippen molar-refractivity contribution in [3.8, 4) is 5.75 Å². The van der Waals surface area contributed by atoms with E-state index in [2.05, 4.69) is 21.7 Å². The molecule has 2 aromatic heterocycles. The van der Waals surface area contributed by atoms with E-state index < -0.39 is 0 Å². The van der Waals surface area contributed by atoms with Gasteiger partial charge in [0, 0.05) is 29.6 Å². The fourth-order valence-electron chi connectivity index (χ4n) is 4.15. The molecule has 4 aromatic rings. The summed E-state index contributed by atoms with van der Waals surface area (Å²) in [6.45, 7) is 4.60. The minimum Gasteiger partial charge on any atom is -0.487 e. The van der Waals surface area contributed by atoms with Crippen LogP contribution in [-0.4, -0.2) is 20.9 Å². The van der Waals surface area contributed by atoms with Crippen LogP contribution in [-0.2, 0) is 24.4 Å². The van der Waals surface area contributed by atoms with E-state index in [1.54, 1.807) is 10.9 Å². The number of fused-ring (bicyclic) bond motifs is 2. The first kappa shape index (κ1) is 20.0. The lowest BCUT2D eigenvalue weighted by atomic mass is 10.0. The van der Waals surface area contributed by atoms with Crippen molar-refractivity contribution in [2.24, 2.45) is 0 Å². The fraction of sp³-hybridized carbons (Fsp3) is 0.250. The topological polar surface area (TPSA) is 99.2 Å². The molecule has 1 amide bonds. The molecular weight excluding hydrogens is 408 g/mol. The summed E-state index contributed by atoms with van der Waals surface area (Å²) in [4.78, 5) is 23.7. The Morgan fingerprint density at radius 3 is 2.88 bits per heavy atom. The third kappa shape index (κ3) is 3.99. The number of anilines is 1. The lowest BCUT2D eigenvalue weighted by Crippen LogP contribution is -2.18. The fourth-order valence-corrected chi connectivity index (χ4v) is 4.15. The summed E-state index contributed by atoms with van der Waals surface area (Å²) in [7, 11) is 0. The van der Waals surface area contributed by atoms with Crippen LogP contribution in [0.2, 0.25) is 0 Å². The summed E-state index contributed by atoms with van der Waals surface area (Å²) in [6, 6.07) is 11.1. The van der Waals surface area contributed by atoms with Gasteiger partial charge in [-0.1, -0.05) is 17.3 Å². The van der Waals surface area contributed by atoms with Crippen molar-refractivity contribution in [1.29, 1.82) is 0 Å². The third-order valence-electron chi connectivity index (χ3n) is 5.55. The van der Waals surface area contributed by atoms with Crippen molar-refractivity contribution in [3.05, 3.63) is 81.0 Å². The van der Waals surface area contributed by atoms with Crippen LogP contribution in [0.1, 0.15) is 34.4 Å². The Kier molecular flexibility index (Phi) is 4.97. The maximum atomic E-state index is 12.0. The maximum Gasteiger partial charge on any atom is 0.336 e. The molecule has 1 aliphatic rings. The number of aryl methyl sites for hydroxylation is 3. The standard InChI is InChI=1S/C24H22N4O4/c1-14-7-15(2)24-17(9-23(30)32-21(24)8-14)11-28-12-18(26-27-28)13-31-19-5-3-16-4-6-22(29)25-20(16)10-19/h3,5,7-10,12H,4,6,11,13H2,1-2H3,(H,25,29). The molecule has 2 aromatic carbocycles. The van der Waals surface area contributed by atoms with Gasteiger partial charge in [-0.2, -0.15) is 0 Å². The largest absolute Gasteiger partial charge is 0.487 e. The molecule has 8 nitrogen and oxygen atoms in total. The number of benzene rings is 2. The molecule has 1 N–H and O–H groups in total. The molecule has 1 aliphatic heterocycles. The van der Waals surface area contributed by atoms with Gasteiger partial charge >= 0.3 is 5.63 Å². The highest BCUT2D eigenvalue weighted by atomic mass is 16.5. The van der Waals surface area contributed by atoms with Gasteiger partial charge < -0.3 is 14.5 Å². The molecule has 32 heavy (non-hydrogen) atoms. The number of aromatic nitrogens is 3. The highest BCUT2D eigenvalue weighted by Crippen LogP contribution is 2.27. The van der Waals surface area contributed by atoms with Gasteiger partial charge in [0.2, 0.25) is 5.91 Å². The molecule has 162 valence electrons. The Bertz CT molecular complexity index is 1400. The molecule has 0 saturated carbocycles. The van der Waals surface area contributed by atoms with Crippen LogP contribution in [0.25, 0.3) is 11.0 Å². The minimum atomic E-state index is -0.388. The number of ether oxygens (including phenoxy) is 1. The number of nitrogens with one attached hydrogen (secondary N) is 1. The van der Waals surface area contributed by atoms with Crippen molar-refractivity contribution in [1.82, 2.24) is 15.0 Å². The lowest BCUT2D eigenvalue weighted by Gasteiger charge is -2.17. The van der Waals surface area contributed by atoms with Crippen LogP contribution in [0.15, 0.2) is 51.8 Å². The predicted octanol–water partition coefficient (Wildman–Crippen LogP) is 3.51. The Morgan fingerprint density at radius 2 is 2.00 bits per heavy atom. The van der Waals surface area contributed by atoms with Gasteiger partial charge in [0.25, 0.3) is 0 Å². The number of rotatable bonds is 5. The molecule has 0 saturated heterocycles. The summed E-state index contributed by atoms with van der Waals surface area (Å²) < 4.78 is 12.9. The van der Waals surface area contributed by atoms with E-state index in [1.165, 1.54) is 6.07 Å². The summed E-state index contributed by atoms with van der Waals surface area (Å²) in [6.07, 6.45) is 3.04. The highest BCUT2D eigenvalue weighted by Gasteiger charge is 2.15. The quantitative estimate of drug-likeness (QED) is 0.487. The summed E-state index contributed by atoms with van der Waals surface area (Å²) in [5, 5.41) is 12.2. The van der Waals surface area contributed by atoms with Gasteiger partial charge in [-0.25, -0.2) is 9.48 Å². The average molecular weight is 430 g/mol. The molecule has 0 radical (unpaired) electrons. The Morgan fingerprint density at radius 1 is 1.12 bits per heavy atom. The van der Waals surface area contributed by atoms with E-state index in [1.807, 2.05) is 38.1 Å². The molecule has 5 rings (SSSR count). The van der Waals surface area contributed by atoms with Crippen LogP contribution in [0.4, 0.5) is 5.69 Å². The average Bonchev–Trinajstić information content (AvgIpc) is 3.18. The molecule has 8 heteroatoms. The van der Waals surface area contributed by atoms with Crippen LogP contribution in [0.5, 0.6) is 5.75 Å². The first-order valence-electron chi connectivity index (χ1n) is 10.4. The van der Waals surface area contributed by atoms with Crippen LogP contribution in [0, 0.1) is 13.8 Å². The van der Waals surface area contributed by atoms with Crippen molar-refractivity contribution in [3.63, 3.8) is 0 Å². The van der Waals surface area contributed by atoms with E-state index in [0.717, 1.165) is 39.7 Å². The second-order valence-electron chi connectivity index (χ2n) is 8.11. The van der Waals surface area contributed by atoms with E-state index in [-0.39, 0.29) is 18.1 Å². The smallest absolute Gasteiger partial charge is 0.336 e. The van der Waals surface area contributed by atoms with Crippen molar-refractivity contribution in [2.75, 3.05) is 5.32 Å². The molecule has 0 bridgehead atoms. The van der Waals surface area contributed by atoms with Gasteiger partial charge in [0.1, 0.15) is 23.6 Å². The summed E-state index contributed by atoms with van der Waals surface area (Å²) >= 11 is 0. The molecule has 0 unspecified atom stereocenters. The second kappa shape index (κ2) is 7.96. The molecule has 0 aliphatic carbocycles. The molecule has 3 heterocycles. The van der Waals surface area contributed by atoms with E-state index in [0.29, 0.717) is 30.0 Å². The highest BCUT2D eigenvalue weighted by molar-refractivity contribution is 5.94. The van der Waals surface area contributed by atoms with Crippen molar-refractivity contribution in [2.45, 2.75) is 39.8 Å². The number of carbonyl (C=O) groups is 1. The Balaban J connectivity index is 1.33. The first-order valence-corrected chi connectivity index (χ1v) is 10.4. The monoisotopic (exact) mass is 430 g/mol. The number of hydrogen-bond donors (Lipinski definition) is 1. The molecule has 0 fully saturated rings. The van der Waals surface area contributed by atoms with Crippen molar-refractivity contribution < 1.29 is 13.9 Å². The van der Waals surface area contributed by atoms with Crippen LogP contribution >= 0.6 is 0 Å². The number of nitrogens with zero attached hydrogens (tertiary/aromatic N) is 3. The number of amides is 1. The summed E-state index contributed by atoms with van der Waals surface area (Å²) in [5.74, 6) is 0.670. The minimum absolute atomic E-state index is 0.0189. The Labute approximate surface area is 183 Å². The van der Waals surface area contributed by atoms with Gasteiger partial charge in [-0.05, 0) is 54.7 Å². The molecular formula is C24H22N4O4. The van der Waals surface area contributed by atoms with Crippen molar-refractivity contribution >= 4 is 22.6 Å². The predicted molar refractivity (Wildman–Crippen MR) is 119 cm³/mol. The third-order valence-corrected chi connectivity index (χ3v) is 5.55. The second-order valence-corrected chi connectivity index (χ2v) is 8.11. The number of carbonyl (C=O) groups excluding carboxylic acids is 1. The summed E-state index contributed by atoms with van der Waals surface area (Å²) in [5.41, 5.74) is 5.66. The van der Waals surface area contributed by atoms with Gasteiger partial charge in [0.05, 0.1) is 12.7 Å². The molecule has 0 atom stereocenters. The number of hydrogen-bond acceptors (Lipinski definition) is 6. The first-order chi connectivity index (χ1) is 15.4. The van der Waals surface area contributed by atoms with E-state index in [9.17, 15) is 9.59 Å². The Hall–Kier alpha value is -3.94. The zero-order chi connectivity index (χ0) is 22.2. The van der Waals surface area contributed by atoms with E-state index in [4.69, 9.17) is 9.15 Å². The molecule has 0 spiro atoms. The maximum absolute atomic E-state index is 12.0. The lowest BCUT2D eigenvalue weighted by molar-refractivity contribution is -0.116. The zero-order valence-electron chi connectivity index (χ0n) is 17.8. The van der Waals surface area contributed by atoms with Crippen LogP contribution < -0.4 is 15.7 Å². The van der Waals surface area contributed by atoms with Gasteiger partial charge in [-0.15, -0.1) is 5.10 Å². The van der Waals surface area contributed by atoms with Gasteiger partial charge in [0.15, 0.2) is 0 Å². The zero-order valence-corrected chi connectivity index (χ0v) is 17.8. The van der Waals surface area contributed by atoms with Crippen LogP contribution in [0.3, 0.4) is 0 Å². The normalized spacial score (nSPS) is 13.1.